The lowest BCUT2D eigenvalue weighted by molar-refractivity contribution is 0.104. The van der Waals surface area contributed by atoms with Crippen LogP contribution < -0.4 is 9.47 Å². The standard InChI is InChI=1S/C12H14O5/c1-4-16-12(14)17-9-5-8(2)10(7-13)11(6-9)15-3/h5-7H,4H2,1-3H3. The quantitative estimate of drug-likeness (QED) is 0.457. The number of ether oxygens (including phenoxy) is 3. The van der Waals surface area contributed by atoms with Crippen molar-refractivity contribution in [2.45, 2.75) is 13.8 Å². The molecule has 0 N–H and O–H groups in total. The van der Waals surface area contributed by atoms with Gasteiger partial charge in [-0.3, -0.25) is 4.79 Å². The summed E-state index contributed by atoms with van der Waals surface area (Å²) < 4.78 is 14.6. The number of aldehydes is 1. The highest BCUT2D eigenvalue weighted by molar-refractivity contribution is 5.82. The Labute approximate surface area is 99.3 Å². The molecular formula is C12H14O5. The summed E-state index contributed by atoms with van der Waals surface area (Å²) in [4.78, 5) is 22.0. The topological polar surface area (TPSA) is 61.8 Å². The number of rotatable bonds is 4. The first-order valence-corrected chi connectivity index (χ1v) is 5.10. The lowest BCUT2D eigenvalue weighted by Crippen LogP contribution is -2.10. The largest absolute Gasteiger partial charge is 0.513 e. The van der Waals surface area contributed by atoms with Crippen molar-refractivity contribution in [3.63, 3.8) is 0 Å². The monoisotopic (exact) mass is 238 g/mol. The van der Waals surface area contributed by atoms with Crippen LogP contribution in [0.1, 0.15) is 22.8 Å². The van der Waals surface area contributed by atoms with Crippen LogP contribution in [0.15, 0.2) is 12.1 Å². The Morgan fingerprint density at radius 1 is 1.41 bits per heavy atom. The normalized spacial score (nSPS) is 9.59. The van der Waals surface area contributed by atoms with Crippen LogP contribution in [0.4, 0.5) is 4.79 Å². The third-order valence-corrected chi connectivity index (χ3v) is 2.12. The van der Waals surface area contributed by atoms with Gasteiger partial charge in [0.2, 0.25) is 0 Å². The number of hydrogen-bond donors (Lipinski definition) is 0. The lowest BCUT2D eigenvalue weighted by Gasteiger charge is -2.10. The molecule has 1 aromatic rings. The zero-order valence-electron chi connectivity index (χ0n) is 9.98. The van der Waals surface area contributed by atoms with Gasteiger partial charge < -0.3 is 14.2 Å². The van der Waals surface area contributed by atoms with Gasteiger partial charge in [-0.25, -0.2) is 4.79 Å². The van der Waals surface area contributed by atoms with Crippen molar-refractivity contribution in [2.24, 2.45) is 0 Å². The maximum Gasteiger partial charge on any atom is 0.513 e. The number of aryl methyl sites for hydroxylation is 1. The molecule has 0 saturated carbocycles. The van der Waals surface area contributed by atoms with Crippen LogP contribution in [0, 0.1) is 6.92 Å². The number of carbonyl (C=O) groups excluding carboxylic acids is 2. The van der Waals surface area contributed by atoms with E-state index in [0.29, 0.717) is 23.2 Å². The fourth-order valence-electron chi connectivity index (χ4n) is 1.36. The molecule has 0 aliphatic heterocycles. The fraction of sp³-hybridized carbons (Fsp3) is 0.333. The van der Waals surface area contributed by atoms with E-state index in [1.807, 2.05) is 0 Å². The second kappa shape index (κ2) is 5.89. The van der Waals surface area contributed by atoms with Gasteiger partial charge in [0.25, 0.3) is 0 Å². The van der Waals surface area contributed by atoms with Gasteiger partial charge in [-0.2, -0.15) is 0 Å². The van der Waals surface area contributed by atoms with Gasteiger partial charge in [0, 0.05) is 6.07 Å². The van der Waals surface area contributed by atoms with Crippen molar-refractivity contribution in [3.8, 4) is 11.5 Å². The van der Waals surface area contributed by atoms with E-state index in [2.05, 4.69) is 4.74 Å². The zero-order chi connectivity index (χ0) is 12.8. The summed E-state index contributed by atoms with van der Waals surface area (Å²) in [6, 6.07) is 3.04. The summed E-state index contributed by atoms with van der Waals surface area (Å²) in [6.07, 6.45) is -0.0877. The first kappa shape index (κ1) is 13.0. The van der Waals surface area contributed by atoms with Gasteiger partial charge in [0.1, 0.15) is 11.5 Å². The average molecular weight is 238 g/mol. The summed E-state index contributed by atoms with van der Waals surface area (Å²) in [6.45, 7) is 3.65. The Morgan fingerprint density at radius 3 is 2.65 bits per heavy atom. The molecule has 0 heterocycles. The third-order valence-electron chi connectivity index (χ3n) is 2.12. The summed E-state index contributed by atoms with van der Waals surface area (Å²) in [7, 11) is 1.44. The minimum Gasteiger partial charge on any atom is -0.496 e. The maximum atomic E-state index is 11.1. The van der Waals surface area contributed by atoms with E-state index in [1.54, 1.807) is 19.9 Å². The third kappa shape index (κ3) is 3.21. The highest BCUT2D eigenvalue weighted by Gasteiger charge is 2.11. The highest BCUT2D eigenvalue weighted by atomic mass is 16.7. The Bertz CT molecular complexity index is 425. The minimum atomic E-state index is -0.784. The van der Waals surface area contributed by atoms with Crippen LogP contribution in [-0.2, 0) is 4.74 Å². The van der Waals surface area contributed by atoms with E-state index >= 15 is 0 Å². The SMILES string of the molecule is CCOC(=O)Oc1cc(C)c(C=O)c(OC)c1. The maximum absolute atomic E-state index is 11.1. The first-order valence-electron chi connectivity index (χ1n) is 5.10. The molecule has 0 aromatic heterocycles. The molecule has 1 rings (SSSR count). The lowest BCUT2D eigenvalue weighted by atomic mass is 10.1. The van der Waals surface area contributed by atoms with Crippen molar-refractivity contribution in [3.05, 3.63) is 23.3 Å². The molecular weight excluding hydrogens is 224 g/mol. The molecule has 0 spiro atoms. The van der Waals surface area contributed by atoms with Gasteiger partial charge in [-0.05, 0) is 25.5 Å². The molecule has 0 aliphatic carbocycles. The van der Waals surface area contributed by atoms with Crippen LogP contribution in [0.25, 0.3) is 0 Å². The van der Waals surface area contributed by atoms with Crippen LogP contribution >= 0.6 is 0 Å². The first-order chi connectivity index (χ1) is 8.12. The summed E-state index contributed by atoms with van der Waals surface area (Å²) in [5, 5.41) is 0. The Balaban J connectivity index is 2.99. The number of hydrogen-bond acceptors (Lipinski definition) is 5. The molecule has 5 nitrogen and oxygen atoms in total. The zero-order valence-corrected chi connectivity index (χ0v) is 9.98. The molecule has 0 unspecified atom stereocenters. The second-order valence-electron chi connectivity index (χ2n) is 3.26. The van der Waals surface area contributed by atoms with Crippen molar-refractivity contribution < 1.29 is 23.8 Å². The summed E-state index contributed by atoms with van der Waals surface area (Å²) in [5.41, 5.74) is 1.10. The van der Waals surface area contributed by atoms with Crippen molar-refractivity contribution in [2.75, 3.05) is 13.7 Å². The number of methoxy groups -OCH3 is 1. The fourth-order valence-corrected chi connectivity index (χ4v) is 1.36. The van der Waals surface area contributed by atoms with E-state index in [1.165, 1.54) is 13.2 Å². The molecule has 0 aliphatic rings. The van der Waals surface area contributed by atoms with Crippen LogP contribution in [0.5, 0.6) is 11.5 Å². The van der Waals surface area contributed by atoms with Crippen molar-refractivity contribution in [1.29, 1.82) is 0 Å². The molecule has 0 saturated heterocycles. The van der Waals surface area contributed by atoms with Gasteiger partial charge in [-0.15, -0.1) is 0 Å². The van der Waals surface area contributed by atoms with E-state index in [-0.39, 0.29) is 12.4 Å². The predicted molar refractivity (Wildman–Crippen MR) is 60.8 cm³/mol. The highest BCUT2D eigenvalue weighted by Crippen LogP contribution is 2.27. The van der Waals surface area contributed by atoms with E-state index in [4.69, 9.17) is 9.47 Å². The van der Waals surface area contributed by atoms with Gasteiger partial charge in [0.05, 0.1) is 19.3 Å². The molecule has 0 bridgehead atoms. The van der Waals surface area contributed by atoms with Gasteiger partial charge >= 0.3 is 6.16 Å². The molecule has 0 atom stereocenters. The van der Waals surface area contributed by atoms with Gasteiger partial charge in [-0.1, -0.05) is 0 Å². The van der Waals surface area contributed by atoms with Crippen LogP contribution in [0.2, 0.25) is 0 Å². The average Bonchev–Trinajstić information content (AvgIpc) is 2.28. The predicted octanol–water partition coefficient (Wildman–Crippen LogP) is 2.35. The molecule has 5 heteroatoms. The number of carbonyl (C=O) groups is 2. The minimum absolute atomic E-state index is 0.237. The van der Waals surface area contributed by atoms with E-state index in [9.17, 15) is 9.59 Å². The van der Waals surface area contributed by atoms with Crippen molar-refractivity contribution >= 4 is 12.4 Å². The molecule has 17 heavy (non-hydrogen) atoms. The van der Waals surface area contributed by atoms with Crippen LogP contribution in [-0.4, -0.2) is 26.2 Å². The summed E-state index contributed by atoms with van der Waals surface area (Å²) in [5.74, 6) is 0.641. The Morgan fingerprint density at radius 2 is 2.12 bits per heavy atom. The van der Waals surface area contributed by atoms with Gasteiger partial charge in [0.15, 0.2) is 6.29 Å². The number of benzene rings is 1. The second-order valence-corrected chi connectivity index (χ2v) is 3.26. The summed E-state index contributed by atoms with van der Waals surface area (Å²) >= 11 is 0. The molecule has 0 fully saturated rings. The van der Waals surface area contributed by atoms with E-state index < -0.39 is 6.16 Å². The Hall–Kier alpha value is -2.04. The van der Waals surface area contributed by atoms with Crippen molar-refractivity contribution in [1.82, 2.24) is 0 Å². The van der Waals surface area contributed by atoms with Crippen LogP contribution in [0.3, 0.4) is 0 Å². The van der Waals surface area contributed by atoms with E-state index in [0.717, 1.165) is 0 Å². The molecule has 1 aromatic carbocycles. The molecule has 92 valence electrons. The Kier molecular flexibility index (Phi) is 4.51. The molecule has 0 amide bonds. The molecule has 0 radical (unpaired) electrons. The smallest absolute Gasteiger partial charge is 0.496 e.